The first-order valence-electron chi connectivity index (χ1n) is 11.4. The van der Waals surface area contributed by atoms with Crippen molar-refractivity contribution in [2.75, 3.05) is 10.6 Å². The highest BCUT2D eigenvalue weighted by molar-refractivity contribution is 7.13. The average Bonchev–Trinajstić information content (AvgIpc) is 3.26. The third kappa shape index (κ3) is 4.26. The molecule has 182 valence electrons. The van der Waals surface area contributed by atoms with E-state index in [-0.39, 0.29) is 11.5 Å². The van der Waals surface area contributed by atoms with Crippen LogP contribution in [0.4, 0.5) is 21.1 Å². The van der Waals surface area contributed by atoms with Crippen LogP contribution in [0.15, 0.2) is 41.5 Å². The van der Waals surface area contributed by atoms with Gasteiger partial charge in [0.05, 0.1) is 6.20 Å². The Morgan fingerprint density at radius 2 is 2.08 bits per heavy atom. The van der Waals surface area contributed by atoms with Crippen molar-refractivity contribution < 1.29 is 14.0 Å². The van der Waals surface area contributed by atoms with Gasteiger partial charge in [-0.3, -0.25) is 10.1 Å². The molecular weight excluding hydrogens is 483 g/mol. The highest BCUT2D eigenvalue weighted by Crippen LogP contribution is 2.33. The van der Waals surface area contributed by atoms with Gasteiger partial charge in [-0.15, -0.1) is 11.3 Å². The molecule has 12 heteroatoms. The number of thiophene rings is 1. The first-order chi connectivity index (χ1) is 17.4. The molecule has 4 aromatic rings. The summed E-state index contributed by atoms with van der Waals surface area (Å²) in [6, 6.07) is 6.49. The normalized spacial score (nSPS) is 16.4. The number of imide groups is 1. The van der Waals surface area contributed by atoms with Gasteiger partial charge in [0.25, 0.3) is 5.91 Å². The number of nitrogens with one attached hydrogen (secondary N) is 4. The number of carbonyl (C=O) groups is 2. The highest BCUT2D eigenvalue weighted by Gasteiger charge is 2.26. The van der Waals surface area contributed by atoms with Crippen LogP contribution in [0.3, 0.4) is 0 Å². The van der Waals surface area contributed by atoms with Crippen LogP contribution in [0, 0.1) is 12.7 Å². The van der Waals surface area contributed by atoms with Crippen molar-refractivity contribution in [1.29, 1.82) is 0 Å². The molecule has 6 rings (SSSR count). The Morgan fingerprint density at radius 3 is 2.81 bits per heavy atom. The molecule has 4 N–H and O–H groups in total. The Labute approximate surface area is 208 Å². The zero-order valence-corrected chi connectivity index (χ0v) is 19.9. The van der Waals surface area contributed by atoms with Crippen molar-refractivity contribution in [1.82, 2.24) is 30.2 Å². The van der Waals surface area contributed by atoms with Crippen LogP contribution in [0.2, 0.25) is 0 Å². The van der Waals surface area contributed by atoms with E-state index in [1.165, 1.54) is 12.1 Å². The van der Waals surface area contributed by atoms with Crippen molar-refractivity contribution >= 4 is 46.9 Å². The van der Waals surface area contributed by atoms with Gasteiger partial charge in [-0.05, 0) is 66.1 Å². The van der Waals surface area contributed by atoms with E-state index in [4.69, 9.17) is 0 Å². The minimum Gasteiger partial charge on any atom is -0.351 e. The number of carbonyl (C=O) groups excluding carboxylic acids is 2. The summed E-state index contributed by atoms with van der Waals surface area (Å²) in [7, 11) is 0. The highest BCUT2D eigenvalue weighted by atomic mass is 32.1. The number of anilines is 2. The van der Waals surface area contributed by atoms with Gasteiger partial charge in [0.15, 0.2) is 5.65 Å². The molecule has 0 unspecified atom stereocenters. The summed E-state index contributed by atoms with van der Waals surface area (Å²) in [5.74, 6) is 0.0535. The minimum absolute atomic E-state index is 0.113. The second-order valence-corrected chi connectivity index (χ2v) is 9.59. The molecule has 0 bridgehead atoms. The number of fused-ring (bicyclic) bond motifs is 1. The standard InChI is InChI=1S/C24H21FN8O2S/c1-12-6-7-36-19(12)17-9-15(25)3-2-13(17)10-26-22-30-20-14(8-18-21(34)31-24(35)29-18)11-27-33(20)23(32-22)28-16-4-5-16/h2-3,6-9,11,16H,4-5,10H2,1H3,(H2,26,28,30,32)(H2,29,31,34,35)/b18-8-. The van der Waals surface area contributed by atoms with E-state index in [0.29, 0.717) is 35.7 Å². The zero-order chi connectivity index (χ0) is 24.8. The Bertz CT molecular complexity index is 1550. The maximum atomic E-state index is 14.1. The number of aromatic nitrogens is 4. The maximum absolute atomic E-state index is 14.1. The van der Waals surface area contributed by atoms with Gasteiger partial charge < -0.3 is 16.0 Å². The van der Waals surface area contributed by atoms with Gasteiger partial charge in [-0.2, -0.15) is 19.6 Å². The van der Waals surface area contributed by atoms with Gasteiger partial charge in [0.1, 0.15) is 11.5 Å². The molecule has 36 heavy (non-hydrogen) atoms. The lowest BCUT2D eigenvalue weighted by molar-refractivity contribution is -0.115. The molecule has 10 nitrogen and oxygen atoms in total. The smallest absolute Gasteiger partial charge is 0.326 e. The number of hydrogen-bond acceptors (Lipinski definition) is 8. The van der Waals surface area contributed by atoms with Crippen molar-refractivity contribution in [3.63, 3.8) is 0 Å². The lowest BCUT2D eigenvalue weighted by atomic mass is 10.0. The van der Waals surface area contributed by atoms with Crippen molar-refractivity contribution in [2.24, 2.45) is 0 Å². The maximum Gasteiger partial charge on any atom is 0.326 e. The van der Waals surface area contributed by atoms with Crippen LogP contribution < -0.4 is 21.3 Å². The van der Waals surface area contributed by atoms with Gasteiger partial charge in [-0.25, -0.2) is 9.18 Å². The van der Waals surface area contributed by atoms with Gasteiger partial charge in [-0.1, -0.05) is 6.07 Å². The second-order valence-electron chi connectivity index (χ2n) is 8.68. The SMILES string of the molecule is Cc1ccsc1-c1cc(F)ccc1CNc1nc(NC2CC2)n2ncc(/C=C3\NC(=O)NC3=O)c2n1. The summed E-state index contributed by atoms with van der Waals surface area (Å²) < 4.78 is 15.7. The van der Waals surface area contributed by atoms with Crippen LogP contribution in [-0.4, -0.2) is 37.6 Å². The fourth-order valence-electron chi connectivity index (χ4n) is 3.95. The van der Waals surface area contributed by atoms with Crippen LogP contribution >= 0.6 is 11.3 Å². The largest absolute Gasteiger partial charge is 0.351 e. The lowest BCUT2D eigenvalue weighted by Crippen LogP contribution is -2.22. The molecule has 2 fully saturated rings. The van der Waals surface area contributed by atoms with Crippen molar-refractivity contribution in [3.05, 3.63) is 64.0 Å². The van der Waals surface area contributed by atoms with Crippen molar-refractivity contribution in [2.45, 2.75) is 32.4 Å². The van der Waals surface area contributed by atoms with E-state index in [1.807, 2.05) is 18.4 Å². The summed E-state index contributed by atoms with van der Waals surface area (Å²) in [5, 5.41) is 17.7. The first kappa shape index (κ1) is 22.2. The Hall–Kier alpha value is -4.32. The molecule has 0 spiro atoms. The number of hydrogen-bond donors (Lipinski definition) is 4. The molecule has 4 heterocycles. The van der Waals surface area contributed by atoms with E-state index in [0.717, 1.165) is 34.4 Å². The molecule has 1 saturated heterocycles. The summed E-state index contributed by atoms with van der Waals surface area (Å²) in [6.45, 7) is 2.37. The molecule has 1 aliphatic heterocycles. The lowest BCUT2D eigenvalue weighted by Gasteiger charge is -2.13. The van der Waals surface area contributed by atoms with Gasteiger partial charge in [0.2, 0.25) is 11.9 Å². The molecule has 0 atom stereocenters. The van der Waals surface area contributed by atoms with Crippen LogP contribution in [0.25, 0.3) is 22.2 Å². The number of aryl methyl sites for hydroxylation is 1. The van der Waals surface area contributed by atoms with E-state index in [2.05, 4.69) is 36.3 Å². The fraction of sp³-hybridized carbons (Fsp3) is 0.208. The van der Waals surface area contributed by atoms with Gasteiger partial charge in [0, 0.05) is 23.0 Å². The topological polar surface area (TPSA) is 125 Å². The predicted molar refractivity (Wildman–Crippen MR) is 134 cm³/mol. The summed E-state index contributed by atoms with van der Waals surface area (Å²) in [6.07, 6.45) is 5.17. The third-order valence-electron chi connectivity index (χ3n) is 5.94. The Kier molecular flexibility index (Phi) is 5.37. The number of amides is 3. The number of urea groups is 1. The summed E-state index contributed by atoms with van der Waals surface area (Å²) in [5.41, 5.74) is 3.93. The van der Waals surface area contributed by atoms with E-state index < -0.39 is 11.9 Å². The zero-order valence-electron chi connectivity index (χ0n) is 19.1. The molecule has 3 aromatic heterocycles. The molecule has 2 aliphatic rings. The second kappa shape index (κ2) is 8.72. The number of benzene rings is 1. The van der Waals surface area contributed by atoms with Crippen molar-refractivity contribution in [3.8, 4) is 10.4 Å². The monoisotopic (exact) mass is 504 g/mol. The average molecular weight is 505 g/mol. The van der Waals surface area contributed by atoms with Crippen LogP contribution in [0.5, 0.6) is 0 Å². The van der Waals surface area contributed by atoms with E-state index in [9.17, 15) is 14.0 Å². The minimum atomic E-state index is -0.577. The Morgan fingerprint density at radius 1 is 1.22 bits per heavy atom. The molecule has 1 aromatic carbocycles. The first-order valence-corrected chi connectivity index (χ1v) is 12.3. The van der Waals surface area contributed by atoms with Crippen LogP contribution in [0.1, 0.15) is 29.5 Å². The third-order valence-corrected chi connectivity index (χ3v) is 6.99. The molecule has 0 radical (unpaired) electrons. The number of rotatable bonds is 7. The van der Waals surface area contributed by atoms with E-state index in [1.54, 1.807) is 34.2 Å². The molecule has 3 amide bonds. The number of nitrogens with zero attached hydrogens (tertiary/aromatic N) is 4. The molecule has 1 saturated carbocycles. The molecule has 1 aliphatic carbocycles. The summed E-state index contributed by atoms with van der Waals surface area (Å²) >= 11 is 1.57. The van der Waals surface area contributed by atoms with Gasteiger partial charge >= 0.3 is 6.03 Å². The fourth-order valence-corrected chi connectivity index (χ4v) is 4.93. The summed E-state index contributed by atoms with van der Waals surface area (Å²) in [4.78, 5) is 33.8. The Balaban J connectivity index is 1.35. The van der Waals surface area contributed by atoms with E-state index >= 15 is 0 Å². The van der Waals surface area contributed by atoms with Crippen LogP contribution in [-0.2, 0) is 11.3 Å². The number of halogens is 1. The predicted octanol–water partition coefficient (Wildman–Crippen LogP) is 3.67. The quantitative estimate of drug-likeness (QED) is 0.224. The molecular formula is C24H21FN8O2S.